The minimum atomic E-state index is -1.74. The maximum Gasteiger partial charge on any atom is 0.325 e. The number of nitrogens with one attached hydrogen (secondary N) is 1. The number of carbonyl (C=O) groups excluding carboxylic acids is 3. The first kappa shape index (κ1) is 24.4. The fraction of sp³-hybridized carbons (Fsp3) is 0.241. The van der Waals surface area contributed by atoms with Gasteiger partial charge in [0.2, 0.25) is 11.8 Å². The van der Waals surface area contributed by atoms with Crippen molar-refractivity contribution in [1.29, 1.82) is 0 Å². The largest absolute Gasteiger partial charge is 0.496 e. The van der Waals surface area contributed by atoms with E-state index >= 15 is 0 Å². The molecule has 3 aromatic carbocycles. The quantitative estimate of drug-likeness (QED) is 0.379. The zero-order chi connectivity index (χ0) is 26.3. The molecule has 37 heavy (non-hydrogen) atoms. The highest BCUT2D eigenvalue weighted by atomic mass is 16.5. The lowest BCUT2D eigenvalue weighted by Gasteiger charge is -2.31. The second kappa shape index (κ2) is 9.29. The van der Waals surface area contributed by atoms with Gasteiger partial charge in [-0.15, -0.1) is 0 Å². The molecule has 0 spiro atoms. The highest BCUT2D eigenvalue weighted by Gasteiger charge is 2.68. The van der Waals surface area contributed by atoms with Crippen molar-refractivity contribution in [2.75, 3.05) is 12.0 Å². The third kappa shape index (κ3) is 3.90. The molecule has 188 valence electrons. The number of methoxy groups -OCH3 is 1. The first-order valence-electron chi connectivity index (χ1n) is 11.9. The summed E-state index contributed by atoms with van der Waals surface area (Å²) in [6.45, 7) is 1.43. The molecule has 0 bridgehead atoms. The van der Waals surface area contributed by atoms with Crippen LogP contribution in [0.5, 0.6) is 5.75 Å². The van der Waals surface area contributed by atoms with E-state index in [1.807, 2.05) is 6.07 Å². The van der Waals surface area contributed by atoms with Crippen LogP contribution >= 0.6 is 0 Å². The monoisotopic (exact) mass is 498 g/mol. The molecule has 2 heterocycles. The van der Waals surface area contributed by atoms with Crippen molar-refractivity contribution in [2.24, 2.45) is 11.8 Å². The highest BCUT2D eigenvalue weighted by molar-refractivity contribution is 6.24. The number of hydrogen-bond acceptors (Lipinski definition) is 6. The molecule has 2 aliphatic rings. The Hall–Kier alpha value is -4.30. The van der Waals surface area contributed by atoms with E-state index in [1.54, 1.807) is 72.8 Å². The van der Waals surface area contributed by atoms with Gasteiger partial charge in [0.05, 0.1) is 24.6 Å². The molecule has 0 radical (unpaired) electrons. The number of anilines is 1. The number of carboxylic acids is 1. The van der Waals surface area contributed by atoms with Gasteiger partial charge in [0.15, 0.2) is 5.78 Å². The molecule has 0 saturated carbocycles. The molecule has 2 N–H and O–H groups in total. The number of nitrogens with zero attached hydrogens (tertiary/aromatic N) is 1. The van der Waals surface area contributed by atoms with Crippen molar-refractivity contribution in [3.05, 3.63) is 95.6 Å². The van der Waals surface area contributed by atoms with Crippen LogP contribution in [0.3, 0.4) is 0 Å². The lowest BCUT2D eigenvalue weighted by Crippen LogP contribution is -2.57. The summed E-state index contributed by atoms with van der Waals surface area (Å²) in [5.41, 5.74) is 0.332. The molecule has 2 fully saturated rings. The molecular formula is C29H26N2O6. The SMILES string of the molecule is COc1ccccc1C1NC(Cc2ccccc2)(C(=O)O)C2C(=O)N(c3ccc(C(C)=O)cc3)C(=O)C12. The summed E-state index contributed by atoms with van der Waals surface area (Å²) in [6, 6.07) is 21.5. The van der Waals surface area contributed by atoms with E-state index in [0.717, 1.165) is 10.5 Å². The normalized spacial score (nSPS) is 24.7. The smallest absolute Gasteiger partial charge is 0.325 e. The van der Waals surface area contributed by atoms with Crippen LogP contribution in [0.15, 0.2) is 78.9 Å². The van der Waals surface area contributed by atoms with Crippen LogP contribution in [0.2, 0.25) is 0 Å². The van der Waals surface area contributed by atoms with Crippen molar-refractivity contribution in [3.8, 4) is 5.75 Å². The summed E-state index contributed by atoms with van der Waals surface area (Å²) < 4.78 is 5.53. The molecule has 2 saturated heterocycles. The second-order valence-corrected chi connectivity index (χ2v) is 9.42. The number of ether oxygens (including phenoxy) is 1. The summed E-state index contributed by atoms with van der Waals surface area (Å²) in [6.07, 6.45) is 0.00607. The zero-order valence-electron chi connectivity index (χ0n) is 20.4. The van der Waals surface area contributed by atoms with Gasteiger partial charge in [-0.2, -0.15) is 0 Å². The molecule has 0 aliphatic carbocycles. The Kier molecular flexibility index (Phi) is 6.13. The number of carbonyl (C=O) groups is 4. The minimum Gasteiger partial charge on any atom is -0.496 e. The summed E-state index contributed by atoms with van der Waals surface area (Å²) in [4.78, 5) is 53.7. The van der Waals surface area contributed by atoms with E-state index in [-0.39, 0.29) is 12.2 Å². The maximum atomic E-state index is 14.0. The number of ketones is 1. The van der Waals surface area contributed by atoms with Crippen molar-refractivity contribution >= 4 is 29.3 Å². The number of imide groups is 1. The molecule has 4 unspecified atom stereocenters. The molecule has 2 amide bonds. The number of Topliss-reactive ketones (excluding diaryl/α,β-unsaturated/α-hetero) is 1. The number of hydrogen-bond donors (Lipinski definition) is 2. The molecule has 4 atom stereocenters. The second-order valence-electron chi connectivity index (χ2n) is 9.42. The van der Waals surface area contributed by atoms with Gasteiger partial charge < -0.3 is 9.84 Å². The Bertz CT molecular complexity index is 1390. The molecular weight excluding hydrogens is 472 g/mol. The highest BCUT2D eigenvalue weighted by Crippen LogP contribution is 2.52. The number of carboxylic acid groups (broad SMARTS) is 1. The lowest BCUT2D eigenvalue weighted by molar-refractivity contribution is -0.148. The van der Waals surface area contributed by atoms with Crippen LogP contribution in [-0.2, 0) is 20.8 Å². The summed E-state index contributed by atoms with van der Waals surface area (Å²) in [5, 5.41) is 13.8. The van der Waals surface area contributed by atoms with Crippen molar-refractivity contribution in [2.45, 2.75) is 24.9 Å². The molecule has 5 rings (SSSR count). The standard InChI is InChI=1S/C29H26N2O6/c1-17(32)19-12-14-20(15-13-19)31-26(33)23-24(27(31)34)29(28(35)36,16-18-8-4-3-5-9-18)30-25(23)21-10-6-7-11-22(21)37-2/h3-15,23-25,30H,16H2,1-2H3,(H,35,36). The van der Waals surface area contributed by atoms with Gasteiger partial charge in [-0.3, -0.25) is 24.5 Å². The number of amides is 2. The van der Waals surface area contributed by atoms with E-state index < -0.39 is 41.2 Å². The fourth-order valence-electron chi connectivity index (χ4n) is 5.65. The van der Waals surface area contributed by atoms with Crippen molar-refractivity contribution < 1.29 is 29.0 Å². The summed E-state index contributed by atoms with van der Waals surface area (Å²) in [7, 11) is 1.50. The van der Waals surface area contributed by atoms with E-state index in [4.69, 9.17) is 4.74 Å². The topological polar surface area (TPSA) is 113 Å². The number of aliphatic carboxylic acids is 1. The average Bonchev–Trinajstić information content (AvgIpc) is 3.38. The van der Waals surface area contributed by atoms with Gasteiger partial charge in [0, 0.05) is 23.6 Å². The number of fused-ring (bicyclic) bond motifs is 1. The Morgan fingerprint density at radius 1 is 0.946 bits per heavy atom. The fourth-order valence-corrected chi connectivity index (χ4v) is 5.65. The molecule has 0 aromatic heterocycles. The molecule has 2 aliphatic heterocycles. The van der Waals surface area contributed by atoms with Crippen LogP contribution in [-0.4, -0.2) is 41.3 Å². The first-order valence-corrected chi connectivity index (χ1v) is 11.9. The minimum absolute atomic E-state index is 0.00607. The van der Waals surface area contributed by atoms with Gasteiger partial charge in [-0.25, -0.2) is 4.90 Å². The van der Waals surface area contributed by atoms with Gasteiger partial charge in [-0.05, 0) is 42.8 Å². The number of para-hydroxylation sites is 1. The van der Waals surface area contributed by atoms with Gasteiger partial charge in [0.1, 0.15) is 11.3 Å². The third-order valence-corrected chi connectivity index (χ3v) is 7.37. The van der Waals surface area contributed by atoms with Crippen molar-refractivity contribution in [1.82, 2.24) is 5.32 Å². The van der Waals surface area contributed by atoms with Gasteiger partial charge in [-0.1, -0.05) is 48.5 Å². The van der Waals surface area contributed by atoms with Gasteiger partial charge in [0.25, 0.3) is 0 Å². The zero-order valence-corrected chi connectivity index (χ0v) is 20.4. The van der Waals surface area contributed by atoms with E-state index in [9.17, 15) is 24.3 Å². The van der Waals surface area contributed by atoms with E-state index in [0.29, 0.717) is 22.6 Å². The predicted octanol–water partition coefficient (Wildman–Crippen LogP) is 3.41. The van der Waals surface area contributed by atoms with Crippen LogP contribution in [0.1, 0.15) is 34.5 Å². The third-order valence-electron chi connectivity index (χ3n) is 7.37. The number of benzene rings is 3. The van der Waals surface area contributed by atoms with Gasteiger partial charge >= 0.3 is 5.97 Å². The van der Waals surface area contributed by atoms with Crippen LogP contribution in [0, 0.1) is 11.8 Å². The molecule has 3 aromatic rings. The van der Waals surface area contributed by atoms with E-state index in [2.05, 4.69) is 5.32 Å². The first-order chi connectivity index (χ1) is 17.8. The molecule has 8 nitrogen and oxygen atoms in total. The van der Waals surface area contributed by atoms with Crippen molar-refractivity contribution in [3.63, 3.8) is 0 Å². The predicted molar refractivity (Wildman–Crippen MR) is 135 cm³/mol. The van der Waals surface area contributed by atoms with Crippen LogP contribution in [0.25, 0.3) is 0 Å². The summed E-state index contributed by atoms with van der Waals surface area (Å²) >= 11 is 0. The van der Waals surface area contributed by atoms with E-state index in [1.165, 1.54) is 14.0 Å². The van der Waals surface area contributed by atoms with Crippen LogP contribution in [0.4, 0.5) is 5.69 Å². The average molecular weight is 499 g/mol. The Labute approximate surface area is 213 Å². The maximum absolute atomic E-state index is 14.0. The van der Waals surface area contributed by atoms with Crippen LogP contribution < -0.4 is 15.0 Å². The Balaban J connectivity index is 1.66. The Morgan fingerprint density at radius 3 is 2.22 bits per heavy atom. The Morgan fingerprint density at radius 2 is 1.59 bits per heavy atom. The summed E-state index contributed by atoms with van der Waals surface area (Å²) in [5.74, 6) is -4.09. The lowest BCUT2D eigenvalue weighted by atomic mass is 9.76. The molecule has 8 heteroatoms. The number of rotatable bonds is 7.